The minimum atomic E-state index is -0.229. The van der Waals surface area contributed by atoms with Crippen molar-refractivity contribution in [2.45, 2.75) is 45.4 Å². The standard InChI is InChI=1S/C12H23N3O/c1-6-12(3,16-5)10(13-4)11-14-8-9-15(11)7-2/h8-10,13H,6-7H2,1-5H3. The summed E-state index contributed by atoms with van der Waals surface area (Å²) in [4.78, 5) is 4.44. The molecule has 0 fully saturated rings. The monoisotopic (exact) mass is 225 g/mol. The number of nitrogens with zero attached hydrogens (tertiary/aromatic N) is 2. The van der Waals surface area contributed by atoms with E-state index in [1.54, 1.807) is 7.11 Å². The average molecular weight is 225 g/mol. The lowest BCUT2D eigenvalue weighted by atomic mass is 9.92. The zero-order valence-corrected chi connectivity index (χ0v) is 10.9. The number of methoxy groups -OCH3 is 1. The van der Waals surface area contributed by atoms with Crippen LogP contribution in [0.15, 0.2) is 12.4 Å². The molecule has 0 aromatic carbocycles. The molecule has 0 saturated heterocycles. The highest BCUT2D eigenvalue weighted by atomic mass is 16.5. The minimum Gasteiger partial charge on any atom is -0.376 e. The first kappa shape index (κ1) is 13.2. The molecule has 0 radical (unpaired) electrons. The third-order valence-electron chi connectivity index (χ3n) is 3.41. The number of aromatic nitrogens is 2. The molecule has 4 nitrogen and oxygen atoms in total. The summed E-state index contributed by atoms with van der Waals surface area (Å²) in [5.41, 5.74) is -0.229. The van der Waals surface area contributed by atoms with Crippen LogP contribution < -0.4 is 5.32 Å². The van der Waals surface area contributed by atoms with Crippen molar-refractivity contribution in [3.05, 3.63) is 18.2 Å². The summed E-state index contributed by atoms with van der Waals surface area (Å²) in [6, 6.07) is 0.109. The van der Waals surface area contributed by atoms with Crippen LogP contribution in [0.25, 0.3) is 0 Å². The maximum Gasteiger partial charge on any atom is 0.128 e. The lowest BCUT2D eigenvalue weighted by Gasteiger charge is -2.35. The largest absolute Gasteiger partial charge is 0.376 e. The Labute approximate surface area is 98.0 Å². The van der Waals surface area contributed by atoms with Gasteiger partial charge in [-0.3, -0.25) is 0 Å². The molecular weight excluding hydrogens is 202 g/mol. The predicted molar refractivity (Wildman–Crippen MR) is 65.4 cm³/mol. The van der Waals surface area contributed by atoms with Crippen LogP contribution in [0.4, 0.5) is 0 Å². The van der Waals surface area contributed by atoms with Crippen LogP contribution in [0.1, 0.15) is 39.1 Å². The van der Waals surface area contributed by atoms with E-state index in [0.29, 0.717) is 0 Å². The molecule has 1 rings (SSSR count). The van der Waals surface area contributed by atoms with E-state index in [1.165, 1.54) is 0 Å². The number of ether oxygens (including phenoxy) is 1. The van der Waals surface area contributed by atoms with Gasteiger partial charge in [0.2, 0.25) is 0 Å². The summed E-state index contributed by atoms with van der Waals surface area (Å²) < 4.78 is 7.79. The van der Waals surface area contributed by atoms with Gasteiger partial charge in [0.25, 0.3) is 0 Å². The molecule has 1 N–H and O–H groups in total. The number of imidazole rings is 1. The lowest BCUT2D eigenvalue weighted by Crippen LogP contribution is -2.42. The fourth-order valence-corrected chi connectivity index (χ4v) is 2.02. The molecule has 1 heterocycles. The summed E-state index contributed by atoms with van der Waals surface area (Å²) >= 11 is 0. The number of nitrogens with one attached hydrogen (secondary N) is 1. The Morgan fingerprint density at radius 2 is 2.25 bits per heavy atom. The van der Waals surface area contributed by atoms with Gasteiger partial charge < -0.3 is 14.6 Å². The van der Waals surface area contributed by atoms with Crippen molar-refractivity contribution in [2.75, 3.05) is 14.2 Å². The maximum atomic E-state index is 5.65. The van der Waals surface area contributed by atoms with E-state index < -0.39 is 0 Å². The van der Waals surface area contributed by atoms with Crippen LogP contribution in [0.3, 0.4) is 0 Å². The molecule has 4 heteroatoms. The third-order valence-corrected chi connectivity index (χ3v) is 3.41. The van der Waals surface area contributed by atoms with Crippen LogP contribution >= 0.6 is 0 Å². The zero-order chi connectivity index (χ0) is 12.2. The van der Waals surface area contributed by atoms with Gasteiger partial charge in [0.05, 0.1) is 11.6 Å². The van der Waals surface area contributed by atoms with Crippen molar-refractivity contribution >= 4 is 0 Å². The average Bonchev–Trinajstić information content (AvgIpc) is 2.77. The van der Waals surface area contributed by atoms with Gasteiger partial charge >= 0.3 is 0 Å². The molecule has 1 aromatic heterocycles. The Bertz CT molecular complexity index is 318. The number of rotatable bonds is 6. The van der Waals surface area contributed by atoms with Gasteiger partial charge in [0, 0.05) is 26.0 Å². The zero-order valence-electron chi connectivity index (χ0n) is 10.9. The van der Waals surface area contributed by atoms with Gasteiger partial charge in [-0.15, -0.1) is 0 Å². The topological polar surface area (TPSA) is 39.1 Å². The quantitative estimate of drug-likeness (QED) is 0.804. The van der Waals surface area contributed by atoms with Gasteiger partial charge in [0.15, 0.2) is 0 Å². The number of likely N-dealkylation sites (N-methyl/N-ethyl adjacent to an activating group) is 1. The van der Waals surface area contributed by atoms with Crippen LogP contribution in [0.2, 0.25) is 0 Å². The fourth-order valence-electron chi connectivity index (χ4n) is 2.02. The lowest BCUT2D eigenvalue weighted by molar-refractivity contribution is -0.0311. The van der Waals surface area contributed by atoms with Gasteiger partial charge in [-0.1, -0.05) is 6.92 Å². The van der Waals surface area contributed by atoms with E-state index in [9.17, 15) is 0 Å². The van der Waals surface area contributed by atoms with Gasteiger partial charge in [-0.25, -0.2) is 4.98 Å². The second kappa shape index (κ2) is 5.46. The summed E-state index contributed by atoms with van der Waals surface area (Å²) in [5.74, 6) is 1.04. The van der Waals surface area contributed by atoms with E-state index in [0.717, 1.165) is 18.8 Å². The Balaban J connectivity index is 3.06. The van der Waals surface area contributed by atoms with Crippen LogP contribution in [0.5, 0.6) is 0 Å². The van der Waals surface area contributed by atoms with E-state index in [-0.39, 0.29) is 11.6 Å². The normalized spacial score (nSPS) is 17.1. The molecule has 0 amide bonds. The third kappa shape index (κ3) is 2.28. The van der Waals surface area contributed by atoms with Crippen LogP contribution in [-0.2, 0) is 11.3 Å². The smallest absolute Gasteiger partial charge is 0.128 e. The molecule has 0 aliphatic carbocycles. The predicted octanol–water partition coefficient (Wildman–Crippen LogP) is 1.98. The first-order chi connectivity index (χ1) is 7.62. The highest BCUT2D eigenvalue weighted by Gasteiger charge is 2.35. The highest BCUT2D eigenvalue weighted by Crippen LogP contribution is 2.30. The van der Waals surface area contributed by atoms with Crippen LogP contribution in [0, 0.1) is 0 Å². The number of hydrogen-bond acceptors (Lipinski definition) is 3. The first-order valence-corrected chi connectivity index (χ1v) is 5.86. The van der Waals surface area contributed by atoms with Crippen molar-refractivity contribution < 1.29 is 4.74 Å². The van der Waals surface area contributed by atoms with E-state index in [4.69, 9.17) is 4.74 Å². The van der Waals surface area contributed by atoms with Crippen molar-refractivity contribution in [2.24, 2.45) is 0 Å². The summed E-state index contributed by atoms with van der Waals surface area (Å²) in [5, 5.41) is 3.31. The molecule has 2 atom stereocenters. The van der Waals surface area contributed by atoms with Crippen molar-refractivity contribution in [1.82, 2.24) is 14.9 Å². The highest BCUT2D eigenvalue weighted by molar-refractivity contribution is 5.06. The first-order valence-electron chi connectivity index (χ1n) is 5.86. The molecule has 0 bridgehead atoms. The SMILES string of the molecule is CCn1ccnc1C(NC)C(C)(CC)OC. The molecule has 2 unspecified atom stereocenters. The summed E-state index contributed by atoms with van der Waals surface area (Å²) in [7, 11) is 3.71. The maximum absolute atomic E-state index is 5.65. The Hall–Kier alpha value is -0.870. The number of aryl methyl sites for hydroxylation is 1. The molecule has 0 spiro atoms. The van der Waals surface area contributed by atoms with Gasteiger partial charge in [-0.2, -0.15) is 0 Å². The van der Waals surface area contributed by atoms with Crippen molar-refractivity contribution in [3.8, 4) is 0 Å². The number of hydrogen-bond donors (Lipinski definition) is 1. The Morgan fingerprint density at radius 3 is 2.69 bits per heavy atom. The molecule has 92 valence electrons. The molecule has 16 heavy (non-hydrogen) atoms. The fraction of sp³-hybridized carbons (Fsp3) is 0.750. The van der Waals surface area contributed by atoms with Gasteiger partial charge in [-0.05, 0) is 27.3 Å². The van der Waals surface area contributed by atoms with Crippen LogP contribution in [-0.4, -0.2) is 29.3 Å². The van der Waals surface area contributed by atoms with E-state index in [1.807, 2.05) is 19.4 Å². The Morgan fingerprint density at radius 1 is 1.56 bits per heavy atom. The summed E-state index contributed by atoms with van der Waals surface area (Å²) in [6.07, 6.45) is 4.78. The van der Waals surface area contributed by atoms with E-state index in [2.05, 4.69) is 35.6 Å². The molecule has 1 aromatic rings. The Kier molecular flexibility index (Phi) is 4.50. The molecule has 0 aliphatic heterocycles. The van der Waals surface area contributed by atoms with Crippen molar-refractivity contribution in [3.63, 3.8) is 0 Å². The van der Waals surface area contributed by atoms with Crippen molar-refractivity contribution in [1.29, 1.82) is 0 Å². The summed E-state index contributed by atoms with van der Waals surface area (Å²) in [6.45, 7) is 7.29. The second-order valence-electron chi connectivity index (χ2n) is 4.16. The van der Waals surface area contributed by atoms with Gasteiger partial charge in [0.1, 0.15) is 5.82 Å². The molecule has 0 saturated carbocycles. The second-order valence-corrected chi connectivity index (χ2v) is 4.16. The van der Waals surface area contributed by atoms with E-state index >= 15 is 0 Å². The molecular formula is C12H23N3O. The molecule has 0 aliphatic rings. The minimum absolute atomic E-state index is 0.109.